The number of hydrogen-bond acceptors (Lipinski definition) is 2. The van der Waals surface area contributed by atoms with Crippen molar-refractivity contribution in [3.63, 3.8) is 0 Å². The molecule has 0 fully saturated rings. The van der Waals surface area contributed by atoms with Gasteiger partial charge in [-0.05, 0) is 17.2 Å². The SMILES string of the molecule is O=C1c2c(-c3ccccc3)cccc2-c2sc3ccccc3c21. The molecule has 1 aromatic heterocycles. The first kappa shape index (κ1) is 12.8. The van der Waals surface area contributed by atoms with Crippen molar-refractivity contribution in [3.8, 4) is 21.6 Å². The number of carbonyl (C=O) groups excluding carboxylic acids is 1. The standard InChI is InChI=1S/C21H12OS/c22-20-18-14(13-7-2-1-3-8-13)10-6-11-16(18)21-19(20)15-9-4-5-12-17(15)23-21/h1-12H. The minimum atomic E-state index is 0.159. The van der Waals surface area contributed by atoms with E-state index in [0.29, 0.717) is 0 Å². The molecule has 0 unspecified atom stereocenters. The van der Waals surface area contributed by atoms with Crippen molar-refractivity contribution in [2.75, 3.05) is 0 Å². The average molecular weight is 312 g/mol. The van der Waals surface area contributed by atoms with Crippen LogP contribution < -0.4 is 0 Å². The predicted octanol–water partition coefficient (Wildman–Crippen LogP) is 5.78. The largest absolute Gasteiger partial charge is 0.288 e. The molecule has 4 aromatic rings. The number of ketones is 1. The molecule has 0 radical (unpaired) electrons. The van der Waals surface area contributed by atoms with Crippen LogP contribution in [0.5, 0.6) is 0 Å². The summed E-state index contributed by atoms with van der Waals surface area (Å²) < 4.78 is 1.18. The zero-order valence-electron chi connectivity index (χ0n) is 12.2. The lowest BCUT2D eigenvalue weighted by molar-refractivity contribution is 0.104. The van der Waals surface area contributed by atoms with Crippen LogP contribution in [0.1, 0.15) is 15.9 Å². The van der Waals surface area contributed by atoms with Crippen molar-refractivity contribution in [1.29, 1.82) is 0 Å². The van der Waals surface area contributed by atoms with Gasteiger partial charge in [-0.15, -0.1) is 11.3 Å². The maximum atomic E-state index is 13.2. The first-order valence-electron chi connectivity index (χ1n) is 7.59. The molecular formula is C21H12OS. The molecule has 0 saturated heterocycles. The second-order valence-electron chi connectivity index (χ2n) is 5.73. The fourth-order valence-electron chi connectivity index (χ4n) is 3.43. The summed E-state index contributed by atoms with van der Waals surface area (Å²) in [5.41, 5.74) is 4.93. The Kier molecular flexibility index (Phi) is 2.58. The van der Waals surface area contributed by atoms with Gasteiger partial charge in [-0.3, -0.25) is 4.79 Å². The van der Waals surface area contributed by atoms with Crippen LogP contribution in [0.3, 0.4) is 0 Å². The minimum Gasteiger partial charge on any atom is -0.288 e. The van der Waals surface area contributed by atoms with Gasteiger partial charge in [-0.2, -0.15) is 0 Å². The third-order valence-corrected chi connectivity index (χ3v) is 5.65. The highest BCUT2D eigenvalue weighted by atomic mass is 32.1. The van der Waals surface area contributed by atoms with Gasteiger partial charge in [0.15, 0.2) is 5.78 Å². The number of benzene rings is 3. The van der Waals surface area contributed by atoms with Gasteiger partial charge < -0.3 is 0 Å². The van der Waals surface area contributed by atoms with Crippen molar-refractivity contribution in [2.24, 2.45) is 0 Å². The van der Waals surface area contributed by atoms with Crippen LogP contribution in [0, 0.1) is 0 Å². The highest BCUT2D eigenvalue weighted by molar-refractivity contribution is 7.23. The Bertz CT molecular complexity index is 1070. The van der Waals surface area contributed by atoms with Crippen LogP contribution in [0.4, 0.5) is 0 Å². The van der Waals surface area contributed by atoms with E-state index in [1.807, 2.05) is 42.5 Å². The lowest BCUT2D eigenvalue weighted by Crippen LogP contribution is -1.98. The van der Waals surface area contributed by atoms with Gasteiger partial charge in [0.1, 0.15) is 0 Å². The molecular weight excluding hydrogens is 300 g/mol. The highest BCUT2D eigenvalue weighted by Gasteiger charge is 2.32. The molecule has 5 rings (SSSR count). The molecule has 1 aliphatic rings. The van der Waals surface area contributed by atoms with Gasteiger partial charge in [0, 0.05) is 31.7 Å². The molecule has 0 saturated carbocycles. The second-order valence-corrected chi connectivity index (χ2v) is 6.78. The highest BCUT2D eigenvalue weighted by Crippen LogP contribution is 2.48. The van der Waals surface area contributed by atoms with E-state index in [9.17, 15) is 4.79 Å². The first-order valence-corrected chi connectivity index (χ1v) is 8.41. The Balaban J connectivity index is 1.84. The molecule has 2 heteroatoms. The Hall–Kier alpha value is -2.71. The monoisotopic (exact) mass is 312 g/mol. The summed E-state index contributed by atoms with van der Waals surface area (Å²) >= 11 is 1.72. The van der Waals surface area contributed by atoms with E-state index < -0.39 is 0 Å². The molecule has 1 heterocycles. The number of hydrogen-bond donors (Lipinski definition) is 0. The Morgan fingerprint density at radius 2 is 1.39 bits per heavy atom. The normalized spacial score (nSPS) is 12.4. The number of thiophene rings is 1. The zero-order chi connectivity index (χ0) is 15.4. The van der Waals surface area contributed by atoms with E-state index in [-0.39, 0.29) is 5.78 Å². The van der Waals surface area contributed by atoms with E-state index in [1.165, 1.54) is 4.70 Å². The number of rotatable bonds is 1. The van der Waals surface area contributed by atoms with E-state index in [2.05, 4.69) is 30.3 Å². The van der Waals surface area contributed by atoms with Crippen LogP contribution in [0.15, 0.2) is 72.8 Å². The third kappa shape index (κ3) is 1.70. The zero-order valence-corrected chi connectivity index (χ0v) is 13.1. The summed E-state index contributed by atoms with van der Waals surface area (Å²) in [6, 6.07) is 24.5. The van der Waals surface area contributed by atoms with Crippen molar-refractivity contribution in [1.82, 2.24) is 0 Å². The van der Waals surface area contributed by atoms with E-state index in [4.69, 9.17) is 0 Å². The Morgan fingerprint density at radius 1 is 0.652 bits per heavy atom. The minimum absolute atomic E-state index is 0.159. The van der Waals surface area contributed by atoms with Gasteiger partial charge in [0.25, 0.3) is 0 Å². The smallest absolute Gasteiger partial charge is 0.196 e. The molecule has 23 heavy (non-hydrogen) atoms. The summed E-state index contributed by atoms with van der Waals surface area (Å²) in [7, 11) is 0. The third-order valence-electron chi connectivity index (χ3n) is 4.44. The average Bonchev–Trinajstić information content (AvgIpc) is 3.12. The molecule has 0 bridgehead atoms. The molecule has 0 amide bonds. The van der Waals surface area contributed by atoms with E-state index in [1.54, 1.807) is 11.3 Å². The number of fused-ring (bicyclic) bond motifs is 5. The molecule has 0 spiro atoms. The topological polar surface area (TPSA) is 17.1 Å². The van der Waals surface area contributed by atoms with Gasteiger partial charge >= 0.3 is 0 Å². The fraction of sp³-hybridized carbons (Fsp3) is 0. The van der Waals surface area contributed by atoms with Crippen LogP contribution in [-0.2, 0) is 0 Å². The summed E-state index contributed by atoms with van der Waals surface area (Å²) in [5, 5.41) is 1.08. The summed E-state index contributed by atoms with van der Waals surface area (Å²) in [4.78, 5) is 14.3. The molecule has 0 atom stereocenters. The van der Waals surface area contributed by atoms with Crippen LogP contribution in [0.2, 0.25) is 0 Å². The lowest BCUT2D eigenvalue weighted by atomic mass is 9.95. The Labute approximate surface area is 137 Å². The molecule has 108 valence electrons. The van der Waals surface area contributed by atoms with Gasteiger partial charge in [-0.25, -0.2) is 0 Å². The van der Waals surface area contributed by atoms with Gasteiger partial charge in [0.05, 0.1) is 0 Å². The maximum Gasteiger partial charge on any atom is 0.196 e. The van der Waals surface area contributed by atoms with E-state index in [0.717, 1.165) is 38.1 Å². The first-order chi connectivity index (χ1) is 11.3. The second kappa shape index (κ2) is 4.64. The van der Waals surface area contributed by atoms with Crippen LogP contribution in [0.25, 0.3) is 31.7 Å². The summed E-state index contributed by atoms with van der Waals surface area (Å²) in [6.45, 7) is 0. The molecule has 0 aliphatic heterocycles. The quantitative estimate of drug-likeness (QED) is 0.383. The van der Waals surface area contributed by atoms with Crippen molar-refractivity contribution in [2.45, 2.75) is 0 Å². The van der Waals surface area contributed by atoms with Gasteiger partial charge in [0.2, 0.25) is 0 Å². The fourth-order valence-corrected chi connectivity index (χ4v) is 4.66. The van der Waals surface area contributed by atoms with Crippen molar-refractivity contribution < 1.29 is 4.79 Å². The summed E-state index contributed by atoms with van der Waals surface area (Å²) in [6.07, 6.45) is 0. The predicted molar refractivity (Wildman–Crippen MR) is 96.1 cm³/mol. The van der Waals surface area contributed by atoms with Crippen LogP contribution >= 0.6 is 11.3 Å². The van der Waals surface area contributed by atoms with Crippen molar-refractivity contribution in [3.05, 3.63) is 83.9 Å². The molecule has 0 N–H and O–H groups in total. The van der Waals surface area contributed by atoms with Gasteiger partial charge in [-0.1, -0.05) is 66.7 Å². The molecule has 1 nitrogen and oxygen atoms in total. The maximum absolute atomic E-state index is 13.2. The van der Waals surface area contributed by atoms with Crippen molar-refractivity contribution >= 4 is 27.2 Å². The number of carbonyl (C=O) groups is 1. The van der Waals surface area contributed by atoms with E-state index >= 15 is 0 Å². The summed E-state index contributed by atoms with van der Waals surface area (Å²) in [5.74, 6) is 0.159. The Morgan fingerprint density at radius 3 is 2.26 bits per heavy atom. The molecule has 1 aliphatic carbocycles. The van der Waals surface area contributed by atoms with Crippen LogP contribution in [-0.4, -0.2) is 5.78 Å². The molecule has 3 aromatic carbocycles. The lowest BCUT2D eigenvalue weighted by Gasteiger charge is -2.08.